The van der Waals surface area contributed by atoms with Gasteiger partial charge in [0.15, 0.2) is 0 Å². The van der Waals surface area contributed by atoms with Crippen molar-refractivity contribution in [1.82, 2.24) is 0 Å². The zero-order chi connectivity index (χ0) is 8.97. The number of aldehydes is 1. The molecular weight excluding hydrogens is 218 g/mol. The standard InChI is InChI=1S/C9H10BrNO/c1-11(6-7-12)9-5-3-2-4-8(9)10/h2-5,7H,6H2,1H3. The Kier molecular flexibility index (Phi) is 3.29. The molecule has 1 aromatic rings. The summed E-state index contributed by atoms with van der Waals surface area (Å²) in [4.78, 5) is 12.1. The predicted octanol–water partition coefficient (Wildman–Crippen LogP) is 2.08. The van der Waals surface area contributed by atoms with E-state index in [2.05, 4.69) is 15.9 Å². The molecule has 0 amide bonds. The lowest BCUT2D eigenvalue weighted by atomic mass is 10.3. The average Bonchev–Trinajstić information content (AvgIpc) is 2.05. The van der Waals surface area contributed by atoms with E-state index < -0.39 is 0 Å². The number of carbonyl (C=O) groups is 1. The average molecular weight is 228 g/mol. The molecule has 0 atom stereocenters. The van der Waals surface area contributed by atoms with Crippen molar-refractivity contribution in [3.05, 3.63) is 28.7 Å². The van der Waals surface area contributed by atoms with Gasteiger partial charge in [0, 0.05) is 11.5 Å². The first kappa shape index (κ1) is 9.26. The summed E-state index contributed by atoms with van der Waals surface area (Å²) in [5, 5.41) is 0. The number of anilines is 1. The van der Waals surface area contributed by atoms with E-state index in [9.17, 15) is 4.79 Å². The van der Waals surface area contributed by atoms with Crippen molar-refractivity contribution < 1.29 is 4.79 Å². The fraction of sp³-hybridized carbons (Fsp3) is 0.222. The van der Waals surface area contributed by atoms with Crippen LogP contribution in [0, 0.1) is 0 Å². The first-order chi connectivity index (χ1) is 5.75. The van der Waals surface area contributed by atoms with Gasteiger partial charge in [0.25, 0.3) is 0 Å². The Morgan fingerprint density at radius 2 is 2.17 bits per heavy atom. The molecule has 1 aromatic carbocycles. The third-order valence-electron chi connectivity index (χ3n) is 1.61. The van der Waals surface area contributed by atoms with E-state index in [0.29, 0.717) is 6.54 Å². The first-order valence-electron chi connectivity index (χ1n) is 3.65. The van der Waals surface area contributed by atoms with Gasteiger partial charge >= 0.3 is 0 Å². The zero-order valence-electron chi connectivity index (χ0n) is 6.83. The minimum atomic E-state index is 0.419. The van der Waals surface area contributed by atoms with E-state index >= 15 is 0 Å². The second kappa shape index (κ2) is 4.26. The Bertz CT molecular complexity index is 275. The lowest BCUT2D eigenvalue weighted by Gasteiger charge is -2.17. The van der Waals surface area contributed by atoms with Crippen LogP contribution in [0.25, 0.3) is 0 Å². The van der Waals surface area contributed by atoms with Crippen LogP contribution in [-0.2, 0) is 4.79 Å². The van der Waals surface area contributed by atoms with Gasteiger partial charge in [-0.1, -0.05) is 12.1 Å². The van der Waals surface area contributed by atoms with Gasteiger partial charge in [-0.3, -0.25) is 0 Å². The van der Waals surface area contributed by atoms with Crippen LogP contribution in [0.1, 0.15) is 0 Å². The van der Waals surface area contributed by atoms with Gasteiger partial charge < -0.3 is 9.69 Å². The highest BCUT2D eigenvalue weighted by Crippen LogP contribution is 2.23. The minimum Gasteiger partial charge on any atom is -0.367 e. The number of benzene rings is 1. The van der Waals surface area contributed by atoms with Crippen LogP contribution in [0.5, 0.6) is 0 Å². The smallest absolute Gasteiger partial charge is 0.139 e. The summed E-state index contributed by atoms with van der Waals surface area (Å²) in [6.07, 6.45) is 0.888. The molecule has 3 heteroatoms. The van der Waals surface area contributed by atoms with Crippen LogP contribution in [0.2, 0.25) is 0 Å². The van der Waals surface area contributed by atoms with Gasteiger partial charge in [-0.15, -0.1) is 0 Å². The number of para-hydroxylation sites is 1. The highest BCUT2D eigenvalue weighted by atomic mass is 79.9. The van der Waals surface area contributed by atoms with Crippen molar-refractivity contribution in [2.45, 2.75) is 0 Å². The first-order valence-corrected chi connectivity index (χ1v) is 4.44. The van der Waals surface area contributed by atoms with Crippen LogP contribution in [0.4, 0.5) is 5.69 Å². The third kappa shape index (κ3) is 2.08. The largest absolute Gasteiger partial charge is 0.367 e. The highest BCUT2D eigenvalue weighted by Gasteiger charge is 2.02. The summed E-state index contributed by atoms with van der Waals surface area (Å²) < 4.78 is 1.01. The topological polar surface area (TPSA) is 20.3 Å². The van der Waals surface area contributed by atoms with Crippen molar-refractivity contribution in [3.8, 4) is 0 Å². The maximum Gasteiger partial charge on any atom is 0.139 e. The molecule has 0 N–H and O–H groups in total. The number of halogens is 1. The number of carbonyl (C=O) groups excluding carboxylic acids is 1. The maximum absolute atomic E-state index is 10.2. The van der Waals surface area contributed by atoms with Crippen LogP contribution in [0.3, 0.4) is 0 Å². The minimum absolute atomic E-state index is 0.419. The molecule has 0 fully saturated rings. The van der Waals surface area contributed by atoms with E-state index in [1.165, 1.54) is 0 Å². The second-order valence-electron chi connectivity index (χ2n) is 2.50. The van der Waals surface area contributed by atoms with Crippen molar-refractivity contribution in [1.29, 1.82) is 0 Å². The molecule has 0 bridgehead atoms. The zero-order valence-corrected chi connectivity index (χ0v) is 8.41. The highest BCUT2D eigenvalue weighted by molar-refractivity contribution is 9.10. The van der Waals surface area contributed by atoms with Crippen molar-refractivity contribution >= 4 is 27.9 Å². The van der Waals surface area contributed by atoms with Gasteiger partial charge in [-0.25, -0.2) is 0 Å². The van der Waals surface area contributed by atoms with Gasteiger partial charge in [0.2, 0.25) is 0 Å². The molecule has 0 aliphatic heterocycles. The summed E-state index contributed by atoms with van der Waals surface area (Å²) in [5.41, 5.74) is 1.03. The van der Waals surface area contributed by atoms with Gasteiger partial charge in [0.05, 0.1) is 12.2 Å². The fourth-order valence-corrected chi connectivity index (χ4v) is 1.56. The lowest BCUT2D eigenvalue weighted by Crippen LogP contribution is -2.19. The van der Waals surface area contributed by atoms with Gasteiger partial charge in [-0.05, 0) is 28.1 Å². The Hall–Kier alpha value is -0.830. The van der Waals surface area contributed by atoms with E-state index in [1.807, 2.05) is 36.2 Å². The molecule has 1 rings (SSSR count). The summed E-state index contributed by atoms with van der Waals surface area (Å²) in [7, 11) is 1.88. The van der Waals surface area contributed by atoms with Crippen LogP contribution < -0.4 is 4.90 Å². The molecule has 0 saturated heterocycles. The molecule has 0 aliphatic rings. The molecule has 0 saturated carbocycles. The number of likely N-dealkylation sites (N-methyl/N-ethyl adjacent to an activating group) is 1. The Morgan fingerprint density at radius 1 is 1.50 bits per heavy atom. The second-order valence-corrected chi connectivity index (χ2v) is 3.35. The van der Waals surface area contributed by atoms with Crippen LogP contribution in [0.15, 0.2) is 28.7 Å². The predicted molar refractivity (Wildman–Crippen MR) is 53.5 cm³/mol. The molecule has 0 aromatic heterocycles. The molecule has 0 heterocycles. The molecule has 0 spiro atoms. The third-order valence-corrected chi connectivity index (χ3v) is 2.28. The van der Waals surface area contributed by atoms with Crippen molar-refractivity contribution in [3.63, 3.8) is 0 Å². The van der Waals surface area contributed by atoms with Crippen LogP contribution >= 0.6 is 15.9 Å². The van der Waals surface area contributed by atoms with Crippen molar-refractivity contribution in [2.75, 3.05) is 18.5 Å². The van der Waals surface area contributed by atoms with E-state index in [0.717, 1.165) is 16.4 Å². The summed E-state index contributed by atoms with van der Waals surface area (Å²) >= 11 is 3.41. The van der Waals surface area contributed by atoms with E-state index in [1.54, 1.807) is 0 Å². The fourth-order valence-electron chi connectivity index (χ4n) is 0.971. The van der Waals surface area contributed by atoms with Crippen LogP contribution in [-0.4, -0.2) is 19.9 Å². The summed E-state index contributed by atoms with van der Waals surface area (Å²) in [6, 6.07) is 7.81. The number of rotatable bonds is 3. The maximum atomic E-state index is 10.2. The number of nitrogens with zero attached hydrogens (tertiary/aromatic N) is 1. The molecule has 0 unspecified atom stereocenters. The van der Waals surface area contributed by atoms with Gasteiger partial charge in [-0.2, -0.15) is 0 Å². The summed E-state index contributed by atoms with van der Waals surface area (Å²) in [5.74, 6) is 0. The molecule has 12 heavy (non-hydrogen) atoms. The Labute approximate surface area is 80.3 Å². The number of hydrogen-bond acceptors (Lipinski definition) is 2. The van der Waals surface area contributed by atoms with Crippen molar-refractivity contribution in [2.24, 2.45) is 0 Å². The Morgan fingerprint density at radius 3 is 2.75 bits per heavy atom. The monoisotopic (exact) mass is 227 g/mol. The molecule has 2 nitrogen and oxygen atoms in total. The number of hydrogen-bond donors (Lipinski definition) is 0. The van der Waals surface area contributed by atoms with E-state index in [-0.39, 0.29) is 0 Å². The lowest BCUT2D eigenvalue weighted by molar-refractivity contribution is -0.106. The SMILES string of the molecule is CN(CC=O)c1ccccc1Br. The summed E-state index contributed by atoms with van der Waals surface area (Å²) in [6.45, 7) is 0.419. The van der Waals surface area contributed by atoms with E-state index in [4.69, 9.17) is 0 Å². The van der Waals surface area contributed by atoms with Gasteiger partial charge in [0.1, 0.15) is 6.29 Å². The quantitative estimate of drug-likeness (QED) is 0.738. The normalized spacial score (nSPS) is 9.50. The Balaban J connectivity index is 2.86. The molecule has 64 valence electrons. The molecular formula is C9H10BrNO. The molecule has 0 aliphatic carbocycles. The molecule has 0 radical (unpaired) electrons.